The van der Waals surface area contributed by atoms with E-state index >= 15 is 0 Å². The fourth-order valence-electron chi connectivity index (χ4n) is 1.39. The van der Waals surface area contributed by atoms with E-state index in [0.29, 0.717) is 19.0 Å². The Hall–Kier alpha value is -1.36. The van der Waals surface area contributed by atoms with Crippen LogP contribution in [0.3, 0.4) is 0 Å². The van der Waals surface area contributed by atoms with Gasteiger partial charge in [0.2, 0.25) is 0 Å². The average molecular weight is 244 g/mol. The summed E-state index contributed by atoms with van der Waals surface area (Å²) in [6, 6.07) is 2.13. The molecule has 0 saturated heterocycles. The molecule has 96 valence electrons. The van der Waals surface area contributed by atoms with Gasteiger partial charge in [0.1, 0.15) is 5.82 Å². The van der Waals surface area contributed by atoms with Crippen molar-refractivity contribution in [3.05, 3.63) is 23.8 Å². The zero-order valence-electron chi connectivity index (χ0n) is 10.1. The molecule has 0 amide bonds. The van der Waals surface area contributed by atoms with Crippen molar-refractivity contribution in [2.24, 2.45) is 11.7 Å². The molecule has 17 heavy (non-hydrogen) atoms. The van der Waals surface area contributed by atoms with E-state index in [1.807, 2.05) is 6.92 Å². The van der Waals surface area contributed by atoms with Crippen LogP contribution in [0.2, 0.25) is 0 Å². The van der Waals surface area contributed by atoms with Crippen LogP contribution in [0.4, 0.5) is 14.5 Å². The Kier molecular flexibility index (Phi) is 5.15. The van der Waals surface area contributed by atoms with Crippen molar-refractivity contribution in [1.82, 2.24) is 0 Å². The number of rotatable bonds is 6. The number of methoxy groups -OCH3 is 1. The molecule has 1 aromatic carbocycles. The molecule has 1 aromatic rings. The first-order chi connectivity index (χ1) is 8.08. The van der Waals surface area contributed by atoms with Crippen LogP contribution in [-0.4, -0.2) is 20.2 Å². The second-order valence-corrected chi connectivity index (χ2v) is 4.02. The van der Waals surface area contributed by atoms with Gasteiger partial charge in [-0.05, 0) is 18.9 Å². The summed E-state index contributed by atoms with van der Waals surface area (Å²) in [6.07, 6.45) is 0.809. The van der Waals surface area contributed by atoms with Crippen LogP contribution in [0.25, 0.3) is 0 Å². The summed E-state index contributed by atoms with van der Waals surface area (Å²) in [5.41, 5.74) is 5.61. The van der Waals surface area contributed by atoms with Gasteiger partial charge in [-0.15, -0.1) is 0 Å². The van der Waals surface area contributed by atoms with Gasteiger partial charge in [0.25, 0.3) is 0 Å². The number of benzene rings is 1. The summed E-state index contributed by atoms with van der Waals surface area (Å²) in [5.74, 6) is -0.844. The predicted octanol–water partition coefficient (Wildman–Crippen LogP) is 2.37. The van der Waals surface area contributed by atoms with Crippen molar-refractivity contribution >= 4 is 5.69 Å². The highest BCUT2D eigenvalue weighted by atomic mass is 19.1. The fourth-order valence-corrected chi connectivity index (χ4v) is 1.39. The summed E-state index contributed by atoms with van der Waals surface area (Å²) in [7, 11) is 1.30. The van der Waals surface area contributed by atoms with E-state index in [1.165, 1.54) is 7.11 Å². The van der Waals surface area contributed by atoms with E-state index in [0.717, 1.165) is 18.6 Å². The molecular formula is C12H18F2N2O. The van der Waals surface area contributed by atoms with Crippen molar-refractivity contribution in [3.8, 4) is 5.75 Å². The van der Waals surface area contributed by atoms with Crippen molar-refractivity contribution in [1.29, 1.82) is 0 Å². The van der Waals surface area contributed by atoms with Crippen LogP contribution in [0.15, 0.2) is 12.1 Å². The molecule has 0 saturated carbocycles. The smallest absolute Gasteiger partial charge is 0.167 e. The highest BCUT2D eigenvalue weighted by molar-refractivity contribution is 5.48. The fraction of sp³-hybridized carbons (Fsp3) is 0.500. The number of hydrogen-bond donors (Lipinski definition) is 2. The van der Waals surface area contributed by atoms with E-state index in [1.54, 1.807) is 0 Å². The highest BCUT2D eigenvalue weighted by Crippen LogP contribution is 2.24. The number of nitrogens with one attached hydrogen (secondary N) is 1. The third-order valence-electron chi connectivity index (χ3n) is 2.60. The lowest BCUT2D eigenvalue weighted by Gasteiger charge is -2.12. The molecule has 3 N–H and O–H groups in total. The van der Waals surface area contributed by atoms with Crippen LogP contribution >= 0.6 is 0 Å². The number of hydrogen-bond acceptors (Lipinski definition) is 3. The Morgan fingerprint density at radius 3 is 2.65 bits per heavy atom. The molecule has 0 aromatic heterocycles. The van der Waals surface area contributed by atoms with Gasteiger partial charge in [-0.3, -0.25) is 0 Å². The summed E-state index contributed by atoms with van der Waals surface area (Å²) in [6.45, 7) is 3.15. The normalized spacial score (nSPS) is 12.3. The topological polar surface area (TPSA) is 47.3 Å². The summed E-state index contributed by atoms with van der Waals surface area (Å²) in [4.78, 5) is 0. The standard InChI is InChI=1S/C12H18F2N2O/c1-8(7-15)3-4-16-11-5-10(14)12(17-2)6-9(11)13/h5-6,8,16H,3-4,7,15H2,1-2H3. The molecule has 3 nitrogen and oxygen atoms in total. The molecule has 0 aliphatic heterocycles. The van der Waals surface area contributed by atoms with Gasteiger partial charge in [0.05, 0.1) is 12.8 Å². The minimum atomic E-state index is -0.580. The SMILES string of the molecule is COc1cc(F)c(NCCC(C)CN)cc1F. The molecule has 0 fully saturated rings. The largest absolute Gasteiger partial charge is 0.494 e. The minimum absolute atomic E-state index is 0.0941. The Balaban J connectivity index is 2.62. The Morgan fingerprint density at radius 1 is 1.35 bits per heavy atom. The first-order valence-corrected chi connectivity index (χ1v) is 5.55. The maximum absolute atomic E-state index is 13.5. The predicted molar refractivity (Wildman–Crippen MR) is 64.2 cm³/mol. The molecule has 0 bridgehead atoms. The van der Waals surface area contributed by atoms with Crippen molar-refractivity contribution < 1.29 is 13.5 Å². The van der Waals surface area contributed by atoms with Gasteiger partial charge >= 0.3 is 0 Å². The molecule has 5 heteroatoms. The van der Waals surface area contributed by atoms with Gasteiger partial charge < -0.3 is 15.8 Å². The molecule has 0 spiro atoms. The maximum Gasteiger partial charge on any atom is 0.167 e. The lowest BCUT2D eigenvalue weighted by Crippen LogP contribution is -2.15. The summed E-state index contributed by atoms with van der Waals surface area (Å²) in [5, 5.41) is 2.84. The van der Waals surface area contributed by atoms with Gasteiger partial charge in [0, 0.05) is 18.7 Å². The second-order valence-electron chi connectivity index (χ2n) is 4.02. The summed E-state index contributed by atoms with van der Waals surface area (Å²) >= 11 is 0. The second kappa shape index (κ2) is 6.39. The van der Waals surface area contributed by atoms with Gasteiger partial charge in [-0.2, -0.15) is 0 Å². The zero-order valence-corrected chi connectivity index (χ0v) is 10.1. The number of anilines is 1. The van der Waals surface area contributed by atoms with Gasteiger partial charge in [-0.25, -0.2) is 8.78 Å². The minimum Gasteiger partial charge on any atom is -0.494 e. The molecule has 0 aliphatic rings. The Labute approximate surface area is 100.0 Å². The van der Waals surface area contributed by atoms with E-state index in [9.17, 15) is 8.78 Å². The van der Waals surface area contributed by atoms with Crippen LogP contribution in [-0.2, 0) is 0 Å². The van der Waals surface area contributed by atoms with Crippen molar-refractivity contribution in [2.45, 2.75) is 13.3 Å². The third-order valence-corrected chi connectivity index (χ3v) is 2.60. The average Bonchev–Trinajstić information content (AvgIpc) is 2.32. The van der Waals surface area contributed by atoms with Crippen molar-refractivity contribution in [2.75, 3.05) is 25.5 Å². The number of ether oxygens (including phenoxy) is 1. The number of halogens is 2. The maximum atomic E-state index is 13.5. The molecule has 0 heterocycles. The lowest BCUT2D eigenvalue weighted by molar-refractivity contribution is 0.383. The molecule has 1 unspecified atom stereocenters. The van der Waals surface area contributed by atoms with E-state index in [-0.39, 0.29) is 11.4 Å². The van der Waals surface area contributed by atoms with Crippen LogP contribution in [0.1, 0.15) is 13.3 Å². The molecule has 0 aliphatic carbocycles. The quantitative estimate of drug-likeness (QED) is 0.807. The molecule has 1 atom stereocenters. The van der Waals surface area contributed by atoms with Crippen LogP contribution < -0.4 is 15.8 Å². The molecule has 1 rings (SSSR count). The van der Waals surface area contributed by atoms with Crippen LogP contribution in [0, 0.1) is 17.6 Å². The Morgan fingerprint density at radius 2 is 2.06 bits per heavy atom. The van der Waals surface area contributed by atoms with E-state index in [4.69, 9.17) is 5.73 Å². The third kappa shape index (κ3) is 3.85. The van der Waals surface area contributed by atoms with Gasteiger partial charge in [0.15, 0.2) is 11.6 Å². The zero-order chi connectivity index (χ0) is 12.8. The lowest BCUT2D eigenvalue weighted by atomic mass is 10.1. The van der Waals surface area contributed by atoms with Gasteiger partial charge in [-0.1, -0.05) is 6.92 Å². The van der Waals surface area contributed by atoms with Crippen LogP contribution in [0.5, 0.6) is 5.75 Å². The van der Waals surface area contributed by atoms with E-state index in [2.05, 4.69) is 10.1 Å². The van der Waals surface area contributed by atoms with E-state index < -0.39 is 11.6 Å². The molecule has 0 radical (unpaired) electrons. The number of nitrogens with two attached hydrogens (primary N) is 1. The molecular weight excluding hydrogens is 226 g/mol. The van der Waals surface area contributed by atoms with Crippen molar-refractivity contribution in [3.63, 3.8) is 0 Å². The summed E-state index contributed by atoms with van der Waals surface area (Å²) < 4.78 is 31.5. The Bertz CT molecular complexity index is 372. The highest BCUT2D eigenvalue weighted by Gasteiger charge is 2.10. The first-order valence-electron chi connectivity index (χ1n) is 5.55. The first kappa shape index (κ1) is 13.7. The monoisotopic (exact) mass is 244 g/mol.